The number of carbonyl (C=O) groups excluding carboxylic acids is 2. The van der Waals surface area contributed by atoms with Gasteiger partial charge in [-0.1, -0.05) is 24.3 Å². The van der Waals surface area contributed by atoms with Crippen molar-refractivity contribution in [3.05, 3.63) is 89.0 Å². The average Bonchev–Trinajstić information content (AvgIpc) is 3.37. The number of phenolic OH excluding ortho intramolecular Hbond substituents is 1. The highest BCUT2D eigenvalue weighted by atomic mass is 16.5. The first-order valence-corrected chi connectivity index (χ1v) is 10.6. The van der Waals surface area contributed by atoms with E-state index in [9.17, 15) is 19.8 Å². The fourth-order valence-corrected chi connectivity index (χ4v) is 4.25. The Bertz CT molecular complexity index is 1440. The number of benzene rings is 3. The van der Waals surface area contributed by atoms with Gasteiger partial charge in [-0.25, -0.2) is 4.98 Å². The lowest BCUT2D eigenvalue weighted by atomic mass is 9.94. The molecule has 1 aromatic heterocycles. The van der Waals surface area contributed by atoms with Crippen LogP contribution in [0.3, 0.4) is 0 Å². The highest BCUT2D eigenvalue weighted by Gasteiger charge is 2.48. The average molecular weight is 455 g/mol. The molecule has 0 radical (unpaired) electrons. The molecular weight excluding hydrogens is 434 g/mol. The minimum atomic E-state index is -0.956. The summed E-state index contributed by atoms with van der Waals surface area (Å²) < 4.78 is 5.24. The number of hydrogen-bond acceptors (Lipinski definition) is 6. The summed E-state index contributed by atoms with van der Waals surface area (Å²) in [6.07, 6.45) is 0. The quantitative estimate of drug-likeness (QED) is 0.241. The summed E-state index contributed by atoms with van der Waals surface area (Å²) >= 11 is 0. The number of aromatic amines is 1. The molecule has 2 heterocycles. The third-order valence-electron chi connectivity index (χ3n) is 5.95. The second-order valence-electron chi connectivity index (χ2n) is 8.02. The van der Waals surface area contributed by atoms with Crippen molar-refractivity contribution in [3.8, 4) is 11.5 Å². The lowest BCUT2D eigenvalue weighted by Crippen LogP contribution is -2.30. The second kappa shape index (κ2) is 8.08. The molecule has 0 bridgehead atoms. The molecule has 5 rings (SSSR count). The zero-order chi connectivity index (χ0) is 24.0. The molecule has 1 saturated heterocycles. The van der Waals surface area contributed by atoms with Crippen LogP contribution in [0.25, 0.3) is 16.8 Å². The first-order valence-electron chi connectivity index (χ1n) is 10.6. The molecular formula is C26H21N3O5. The van der Waals surface area contributed by atoms with E-state index >= 15 is 0 Å². The lowest BCUT2D eigenvalue weighted by Gasteiger charge is -2.23. The molecule has 3 aromatic carbocycles. The number of ether oxygens (including phenoxy) is 1. The van der Waals surface area contributed by atoms with E-state index in [-0.39, 0.29) is 23.0 Å². The van der Waals surface area contributed by atoms with Crippen LogP contribution in [0.15, 0.2) is 72.3 Å². The van der Waals surface area contributed by atoms with Gasteiger partial charge < -0.3 is 19.9 Å². The minimum Gasteiger partial charge on any atom is -0.508 e. The zero-order valence-corrected chi connectivity index (χ0v) is 18.4. The maximum atomic E-state index is 13.3. The third kappa shape index (κ3) is 3.36. The van der Waals surface area contributed by atoms with Crippen LogP contribution >= 0.6 is 0 Å². The SMILES string of the molecule is COc1ccc(/C(O)=C2\C(=O)C(=O)N(c3nc4ccccc4[nH]3)C2c2ccc(O)cc2)c(C)c1. The van der Waals surface area contributed by atoms with Gasteiger partial charge in [-0.15, -0.1) is 0 Å². The number of carbonyl (C=O) groups is 2. The number of aromatic hydroxyl groups is 1. The van der Waals surface area contributed by atoms with Gasteiger partial charge in [0.15, 0.2) is 0 Å². The van der Waals surface area contributed by atoms with E-state index in [4.69, 9.17) is 4.74 Å². The van der Waals surface area contributed by atoms with Gasteiger partial charge in [-0.2, -0.15) is 0 Å². The van der Waals surface area contributed by atoms with E-state index < -0.39 is 17.7 Å². The summed E-state index contributed by atoms with van der Waals surface area (Å²) in [6.45, 7) is 1.78. The number of aliphatic hydroxyl groups is 1. The van der Waals surface area contributed by atoms with Crippen LogP contribution in [0.5, 0.6) is 11.5 Å². The number of amides is 1. The number of nitrogens with one attached hydrogen (secondary N) is 1. The summed E-state index contributed by atoms with van der Waals surface area (Å²) in [7, 11) is 1.54. The lowest BCUT2D eigenvalue weighted by molar-refractivity contribution is -0.132. The van der Waals surface area contributed by atoms with Gasteiger partial charge in [0.2, 0.25) is 5.95 Å². The van der Waals surface area contributed by atoms with Gasteiger partial charge in [0.25, 0.3) is 5.78 Å². The highest BCUT2D eigenvalue weighted by Crippen LogP contribution is 2.42. The number of phenols is 1. The number of aryl methyl sites for hydroxylation is 1. The topological polar surface area (TPSA) is 116 Å². The molecule has 0 aliphatic carbocycles. The van der Waals surface area contributed by atoms with Crippen LogP contribution in [-0.4, -0.2) is 39.0 Å². The second-order valence-corrected chi connectivity index (χ2v) is 8.02. The highest BCUT2D eigenvalue weighted by molar-refractivity contribution is 6.51. The van der Waals surface area contributed by atoms with Crippen LogP contribution in [0, 0.1) is 6.92 Å². The summed E-state index contributed by atoms with van der Waals surface area (Å²) in [5, 5.41) is 21.1. The number of aromatic nitrogens is 2. The Morgan fingerprint density at radius 1 is 1.06 bits per heavy atom. The van der Waals surface area contributed by atoms with E-state index in [0.29, 0.717) is 33.5 Å². The fraction of sp³-hybridized carbons (Fsp3) is 0.115. The van der Waals surface area contributed by atoms with Gasteiger partial charge in [-0.05, 0) is 60.5 Å². The molecule has 8 heteroatoms. The van der Waals surface area contributed by atoms with Gasteiger partial charge in [0, 0.05) is 5.56 Å². The van der Waals surface area contributed by atoms with Gasteiger partial charge in [0.05, 0.1) is 29.8 Å². The third-order valence-corrected chi connectivity index (χ3v) is 5.95. The molecule has 1 unspecified atom stereocenters. The minimum absolute atomic E-state index is 0.0374. The van der Waals surface area contributed by atoms with Gasteiger partial charge in [0.1, 0.15) is 17.3 Å². The molecule has 8 nitrogen and oxygen atoms in total. The van der Waals surface area contributed by atoms with E-state index in [0.717, 1.165) is 0 Å². The van der Waals surface area contributed by atoms with Gasteiger partial charge >= 0.3 is 5.91 Å². The number of hydrogen-bond donors (Lipinski definition) is 3. The Labute approximate surface area is 194 Å². The van der Waals surface area contributed by atoms with Crippen molar-refractivity contribution in [2.24, 2.45) is 0 Å². The van der Waals surface area contributed by atoms with Crippen LogP contribution in [-0.2, 0) is 9.59 Å². The normalized spacial score (nSPS) is 17.5. The van der Waals surface area contributed by atoms with Crippen LogP contribution in [0.4, 0.5) is 5.95 Å². The number of ketones is 1. The van der Waals surface area contributed by atoms with Crippen LogP contribution < -0.4 is 9.64 Å². The maximum Gasteiger partial charge on any atom is 0.302 e. The largest absolute Gasteiger partial charge is 0.508 e. The number of anilines is 1. The van der Waals surface area contributed by atoms with Crippen molar-refractivity contribution < 1.29 is 24.5 Å². The van der Waals surface area contributed by atoms with Crippen molar-refractivity contribution in [1.29, 1.82) is 0 Å². The summed E-state index contributed by atoms with van der Waals surface area (Å²) in [5.74, 6) is -1.11. The molecule has 3 N–H and O–H groups in total. The molecule has 34 heavy (non-hydrogen) atoms. The molecule has 1 aliphatic rings. The number of para-hydroxylation sites is 2. The van der Waals surface area contributed by atoms with Crippen molar-refractivity contribution in [2.75, 3.05) is 12.0 Å². The molecule has 4 aromatic rings. The number of H-pyrrole nitrogens is 1. The van der Waals surface area contributed by atoms with E-state index in [1.54, 1.807) is 43.3 Å². The molecule has 1 aliphatic heterocycles. The molecule has 0 spiro atoms. The molecule has 1 atom stereocenters. The Morgan fingerprint density at radius 2 is 1.79 bits per heavy atom. The molecule has 1 fully saturated rings. The predicted octanol–water partition coefficient (Wildman–Crippen LogP) is 4.21. The maximum absolute atomic E-state index is 13.3. The molecule has 170 valence electrons. The summed E-state index contributed by atoms with van der Waals surface area (Å²) in [6, 6.07) is 17.5. The van der Waals surface area contributed by atoms with Crippen molar-refractivity contribution in [1.82, 2.24) is 9.97 Å². The smallest absolute Gasteiger partial charge is 0.302 e. The first kappa shape index (κ1) is 21.3. The van der Waals surface area contributed by atoms with Gasteiger partial charge in [-0.3, -0.25) is 14.5 Å². The standard InChI is InChI=1S/C26H21N3O5/c1-14-13-17(34-2)11-12-18(14)23(31)21-22(15-7-9-16(30)10-8-15)29(25(33)24(21)32)26-27-19-5-3-4-6-20(19)28-26/h3-13,22,30-31H,1-2H3,(H,27,28)/b23-21+. The first-order chi connectivity index (χ1) is 16.4. The summed E-state index contributed by atoms with van der Waals surface area (Å²) in [4.78, 5) is 35.4. The van der Waals surface area contributed by atoms with E-state index in [1.165, 1.54) is 24.1 Å². The van der Waals surface area contributed by atoms with E-state index in [2.05, 4.69) is 9.97 Å². The van der Waals surface area contributed by atoms with Crippen molar-refractivity contribution >= 4 is 34.4 Å². The Kier molecular flexibility index (Phi) is 5.05. The molecule has 0 saturated carbocycles. The predicted molar refractivity (Wildman–Crippen MR) is 127 cm³/mol. The number of fused-ring (bicyclic) bond motifs is 1. The Morgan fingerprint density at radius 3 is 2.47 bits per heavy atom. The number of nitrogens with zero attached hydrogens (tertiary/aromatic N) is 2. The van der Waals surface area contributed by atoms with Crippen LogP contribution in [0.1, 0.15) is 22.7 Å². The van der Waals surface area contributed by atoms with Crippen molar-refractivity contribution in [2.45, 2.75) is 13.0 Å². The van der Waals surface area contributed by atoms with Crippen molar-refractivity contribution in [3.63, 3.8) is 0 Å². The van der Waals surface area contributed by atoms with Crippen LogP contribution in [0.2, 0.25) is 0 Å². The Balaban J connectivity index is 1.73. The number of methoxy groups -OCH3 is 1. The fourth-order valence-electron chi connectivity index (χ4n) is 4.25. The number of imidazole rings is 1. The number of rotatable bonds is 4. The number of aliphatic hydroxyl groups excluding tert-OH is 1. The summed E-state index contributed by atoms with van der Waals surface area (Å²) in [5.41, 5.74) is 2.89. The molecule has 1 amide bonds. The monoisotopic (exact) mass is 455 g/mol. The zero-order valence-electron chi connectivity index (χ0n) is 18.4. The number of Topliss-reactive ketones (excluding diaryl/α,β-unsaturated/α-hetero) is 1. The Hall–Kier alpha value is -4.59. The van der Waals surface area contributed by atoms with E-state index in [1.807, 2.05) is 18.2 Å².